The Morgan fingerprint density at radius 3 is 1.37 bits per heavy atom. The molecule has 0 amide bonds. The summed E-state index contributed by atoms with van der Waals surface area (Å²) in [5.41, 5.74) is 5.36. The summed E-state index contributed by atoms with van der Waals surface area (Å²) in [4.78, 5) is 35.0. The van der Waals surface area contributed by atoms with Gasteiger partial charge in [-0.05, 0) is 51.4 Å². The number of hydrogen-bond donors (Lipinski definition) is 2. The zero-order valence-corrected chi connectivity index (χ0v) is 39.6. The number of carbonyl (C=O) groups excluding carboxylic acids is 2. The minimum Gasteiger partial charge on any atom is -0.462 e. The Labute approximate surface area is 368 Å². The molecule has 0 rings (SSSR count). The summed E-state index contributed by atoms with van der Waals surface area (Å²) >= 11 is 0. The summed E-state index contributed by atoms with van der Waals surface area (Å²) in [6, 6.07) is 0. The lowest BCUT2D eigenvalue weighted by atomic mass is 10.0. The van der Waals surface area contributed by atoms with Gasteiger partial charge in [-0.25, -0.2) is 4.57 Å². The van der Waals surface area contributed by atoms with Crippen molar-refractivity contribution in [3.05, 3.63) is 48.6 Å². The summed E-state index contributed by atoms with van der Waals surface area (Å²) in [6.45, 7) is 3.64. The second-order valence-corrected chi connectivity index (χ2v) is 17.8. The molecule has 0 fully saturated rings. The zero-order valence-electron chi connectivity index (χ0n) is 38.7. The number of phosphoric acid groups is 1. The highest BCUT2D eigenvalue weighted by Gasteiger charge is 2.26. The van der Waals surface area contributed by atoms with Gasteiger partial charge in [-0.1, -0.05) is 210 Å². The van der Waals surface area contributed by atoms with Crippen molar-refractivity contribution in [2.24, 2.45) is 5.73 Å². The highest BCUT2D eigenvalue weighted by molar-refractivity contribution is 7.47. The first-order valence-corrected chi connectivity index (χ1v) is 26.1. The van der Waals surface area contributed by atoms with Gasteiger partial charge in [0.1, 0.15) is 6.61 Å². The Morgan fingerprint density at radius 1 is 0.517 bits per heavy atom. The van der Waals surface area contributed by atoms with E-state index in [1.165, 1.54) is 128 Å². The van der Waals surface area contributed by atoms with Crippen molar-refractivity contribution in [2.75, 3.05) is 26.4 Å². The molecule has 0 aromatic rings. The van der Waals surface area contributed by atoms with Gasteiger partial charge in [0.15, 0.2) is 6.10 Å². The lowest BCUT2D eigenvalue weighted by Gasteiger charge is -2.19. The van der Waals surface area contributed by atoms with Gasteiger partial charge in [0.2, 0.25) is 0 Å². The van der Waals surface area contributed by atoms with E-state index in [0.29, 0.717) is 6.42 Å². The van der Waals surface area contributed by atoms with Crippen LogP contribution in [0.1, 0.15) is 226 Å². The van der Waals surface area contributed by atoms with Gasteiger partial charge in [0, 0.05) is 19.4 Å². The molecule has 2 unspecified atom stereocenters. The molecule has 2 atom stereocenters. The molecule has 0 heterocycles. The van der Waals surface area contributed by atoms with Crippen molar-refractivity contribution in [1.29, 1.82) is 0 Å². The quantitative estimate of drug-likeness (QED) is 0.0265. The van der Waals surface area contributed by atoms with Crippen LogP contribution in [0.15, 0.2) is 48.6 Å². The molecule has 0 spiro atoms. The molecule has 350 valence electrons. The van der Waals surface area contributed by atoms with Gasteiger partial charge >= 0.3 is 19.8 Å². The first-order valence-electron chi connectivity index (χ1n) is 24.6. The number of allylic oxidation sites excluding steroid dienone is 8. The zero-order chi connectivity index (χ0) is 43.9. The number of ether oxygens (including phenoxy) is 2. The maximum atomic E-state index is 12.6. The van der Waals surface area contributed by atoms with Crippen LogP contribution in [0.4, 0.5) is 0 Å². The molecule has 0 aliphatic carbocycles. The normalized spacial score (nSPS) is 13.6. The van der Waals surface area contributed by atoms with Gasteiger partial charge in [0.05, 0.1) is 13.2 Å². The van der Waals surface area contributed by atoms with Crippen LogP contribution in [0.5, 0.6) is 0 Å². The van der Waals surface area contributed by atoms with Crippen molar-refractivity contribution in [3.63, 3.8) is 0 Å². The summed E-state index contributed by atoms with van der Waals surface area (Å²) in [7, 11) is -4.38. The molecule has 0 aliphatic rings. The van der Waals surface area contributed by atoms with E-state index >= 15 is 0 Å². The maximum absolute atomic E-state index is 12.6. The smallest absolute Gasteiger partial charge is 0.462 e. The Bertz CT molecular complexity index is 1120. The fourth-order valence-electron chi connectivity index (χ4n) is 6.86. The molecule has 0 saturated heterocycles. The highest BCUT2D eigenvalue weighted by atomic mass is 31.2. The first-order chi connectivity index (χ1) is 29.3. The summed E-state index contributed by atoms with van der Waals surface area (Å²) in [5.74, 6) is -0.823. The van der Waals surface area contributed by atoms with Gasteiger partial charge < -0.3 is 20.1 Å². The fraction of sp³-hybridized carbons (Fsp3) is 0.800. The lowest BCUT2D eigenvalue weighted by Crippen LogP contribution is -2.29. The SMILES string of the molecule is CC/C=C\C/C=C\C/C=C\C/C=C\CCCCCCCCCCCCCCC(=O)OC(COC(=O)CCCCCCCCCCCCCCCC)COP(=O)(O)OCCN. The monoisotopic (exact) mass is 866 g/mol. The molecule has 3 N–H and O–H groups in total. The van der Waals surface area contributed by atoms with E-state index in [9.17, 15) is 19.0 Å². The van der Waals surface area contributed by atoms with E-state index in [-0.39, 0.29) is 38.6 Å². The van der Waals surface area contributed by atoms with E-state index in [0.717, 1.165) is 64.2 Å². The summed E-state index contributed by atoms with van der Waals surface area (Å²) in [6.07, 6.45) is 54.3. The number of rotatable bonds is 46. The molecule has 0 saturated carbocycles. The van der Waals surface area contributed by atoms with Crippen molar-refractivity contribution < 1.29 is 37.6 Å². The van der Waals surface area contributed by atoms with Gasteiger partial charge in [0.25, 0.3) is 0 Å². The molecule has 0 aromatic carbocycles. The van der Waals surface area contributed by atoms with Crippen molar-refractivity contribution in [1.82, 2.24) is 0 Å². The predicted molar refractivity (Wildman–Crippen MR) is 252 cm³/mol. The molecule has 0 aliphatic heterocycles. The molecule has 0 radical (unpaired) electrons. The number of carbonyl (C=O) groups is 2. The Hall–Kier alpha value is -2.03. The van der Waals surface area contributed by atoms with Crippen LogP contribution in [-0.2, 0) is 32.7 Å². The molecular formula is C50H92NO8P. The molecule has 10 heteroatoms. The number of nitrogens with two attached hydrogens (primary N) is 1. The van der Waals surface area contributed by atoms with Crippen molar-refractivity contribution >= 4 is 19.8 Å². The van der Waals surface area contributed by atoms with Gasteiger partial charge in [-0.2, -0.15) is 0 Å². The van der Waals surface area contributed by atoms with Crippen LogP contribution in [-0.4, -0.2) is 49.3 Å². The van der Waals surface area contributed by atoms with Crippen LogP contribution in [0.3, 0.4) is 0 Å². The van der Waals surface area contributed by atoms with Crippen LogP contribution in [0, 0.1) is 0 Å². The van der Waals surface area contributed by atoms with Crippen molar-refractivity contribution in [2.45, 2.75) is 232 Å². The third kappa shape index (κ3) is 45.5. The standard InChI is InChI=1S/C50H92NO8P/c1-3-5-7-9-11-13-15-17-19-20-21-22-23-24-25-26-27-28-29-31-33-35-37-39-41-43-50(53)59-48(47-58-60(54,55)57-45-44-51)46-56-49(52)42-40-38-36-34-32-30-18-16-14-12-10-8-6-4-2/h5,7,11,13,17,19,21-22,48H,3-4,6,8-10,12,14-16,18,20,23-47,51H2,1-2H3,(H,54,55)/b7-5-,13-11-,19-17-,22-21-. The molecular weight excluding hydrogens is 774 g/mol. The third-order valence-electron chi connectivity index (χ3n) is 10.5. The summed E-state index contributed by atoms with van der Waals surface area (Å²) < 4.78 is 32.9. The minimum absolute atomic E-state index is 0.0534. The van der Waals surface area contributed by atoms with Crippen LogP contribution < -0.4 is 5.73 Å². The van der Waals surface area contributed by atoms with E-state index in [1.807, 2.05) is 0 Å². The van der Waals surface area contributed by atoms with Crippen LogP contribution >= 0.6 is 7.82 Å². The van der Waals surface area contributed by atoms with Crippen LogP contribution in [0.2, 0.25) is 0 Å². The highest BCUT2D eigenvalue weighted by Crippen LogP contribution is 2.43. The fourth-order valence-corrected chi connectivity index (χ4v) is 7.63. The maximum Gasteiger partial charge on any atom is 0.472 e. The molecule has 0 bridgehead atoms. The van der Waals surface area contributed by atoms with Crippen LogP contribution in [0.25, 0.3) is 0 Å². The van der Waals surface area contributed by atoms with Gasteiger partial charge in [-0.15, -0.1) is 0 Å². The van der Waals surface area contributed by atoms with Gasteiger partial charge in [-0.3, -0.25) is 18.6 Å². The third-order valence-corrected chi connectivity index (χ3v) is 11.5. The number of phosphoric ester groups is 1. The Morgan fingerprint density at radius 2 is 0.917 bits per heavy atom. The number of unbranched alkanes of at least 4 members (excludes halogenated alkanes) is 25. The molecule has 0 aromatic heterocycles. The second kappa shape index (κ2) is 46.5. The summed E-state index contributed by atoms with van der Waals surface area (Å²) in [5, 5.41) is 0. The van der Waals surface area contributed by atoms with E-state index in [1.54, 1.807) is 0 Å². The van der Waals surface area contributed by atoms with E-state index in [2.05, 4.69) is 62.5 Å². The molecule has 9 nitrogen and oxygen atoms in total. The topological polar surface area (TPSA) is 134 Å². The van der Waals surface area contributed by atoms with E-state index in [4.69, 9.17) is 24.3 Å². The number of hydrogen-bond acceptors (Lipinski definition) is 8. The minimum atomic E-state index is -4.38. The molecule has 60 heavy (non-hydrogen) atoms. The first kappa shape index (κ1) is 58.0. The largest absolute Gasteiger partial charge is 0.472 e. The van der Waals surface area contributed by atoms with E-state index < -0.39 is 26.5 Å². The average Bonchev–Trinajstić information content (AvgIpc) is 3.24. The number of esters is 2. The second-order valence-electron chi connectivity index (χ2n) is 16.3. The average molecular weight is 866 g/mol. The van der Waals surface area contributed by atoms with Crippen molar-refractivity contribution in [3.8, 4) is 0 Å². The lowest BCUT2D eigenvalue weighted by molar-refractivity contribution is -0.161. The Balaban J connectivity index is 4.02. The Kier molecular flexibility index (Phi) is 44.9. The predicted octanol–water partition coefficient (Wildman–Crippen LogP) is 14.7.